The molecule has 0 radical (unpaired) electrons. The Hall–Kier alpha value is -1.83. The number of aldehydes is 1. The van der Waals surface area contributed by atoms with Crippen molar-refractivity contribution in [3.05, 3.63) is 23.8 Å². The highest BCUT2D eigenvalue weighted by molar-refractivity contribution is 5.76. The molecule has 0 saturated heterocycles. The fourth-order valence-electron chi connectivity index (χ4n) is 2.62. The summed E-state index contributed by atoms with van der Waals surface area (Å²) in [5, 5.41) is 0. The van der Waals surface area contributed by atoms with Gasteiger partial charge in [0.25, 0.3) is 0 Å². The first-order chi connectivity index (χ1) is 17.8. The van der Waals surface area contributed by atoms with E-state index >= 15 is 0 Å². The molecule has 0 heterocycles. The maximum absolute atomic E-state index is 11.1. The summed E-state index contributed by atoms with van der Waals surface area (Å²) in [6.45, 7) is 7.56. The zero-order valence-electron chi connectivity index (χ0n) is 21.6. The minimum atomic E-state index is 0.307. The van der Waals surface area contributed by atoms with Crippen LogP contribution in [0.2, 0.25) is 0 Å². The van der Waals surface area contributed by atoms with Crippen LogP contribution in [0.25, 0.3) is 0 Å². The van der Waals surface area contributed by atoms with Crippen LogP contribution in [-0.4, -0.2) is 126 Å². The van der Waals surface area contributed by atoms with E-state index in [-0.39, 0.29) is 0 Å². The first-order valence-corrected chi connectivity index (χ1v) is 12.1. The maximum Gasteiger partial charge on any atom is 0.162 e. The Morgan fingerprint density at radius 2 is 0.861 bits per heavy atom. The number of hydrogen-bond acceptors (Lipinski definition) is 11. The Morgan fingerprint density at radius 1 is 0.500 bits per heavy atom. The van der Waals surface area contributed by atoms with Crippen LogP contribution in [0.4, 0.5) is 0 Å². The van der Waals surface area contributed by atoms with E-state index in [9.17, 15) is 4.79 Å². The summed E-state index contributed by atoms with van der Waals surface area (Å²) in [6.07, 6.45) is 0.759. The second-order valence-electron chi connectivity index (χ2n) is 7.18. The van der Waals surface area contributed by atoms with Crippen molar-refractivity contribution < 1.29 is 52.2 Å². The third-order valence-electron chi connectivity index (χ3n) is 4.43. The average molecular weight is 519 g/mol. The van der Waals surface area contributed by atoms with Crippen molar-refractivity contribution in [1.29, 1.82) is 0 Å². The highest BCUT2D eigenvalue weighted by Gasteiger charge is 2.07. The van der Waals surface area contributed by atoms with Gasteiger partial charge in [0.2, 0.25) is 0 Å². The third-order valence-corrected chi connectivity index (χ3v) is 4.43. The van der Waals surface area contributed by atoms with Gasteiger partial charge in [0.1, 0.15) is 19.5 Å². The quantitative estimate of drug-likeness (QED) is 0.125. The molecule has 0 spiro atoms. The molecule has 0 aliphatic heterocycles. The molecule has 1 rings (SSSR count). The Morgan fingerprint density at radius 3 is 1.25 bits per heavy atom. The van der Waals surface area contributed by atoms with Crippen molar-refractivity contribution in [2.75, 3.05) is 120 Å². The Kier molecular flexibility index (Phi) is 22.2. The summed E-state index contributed by atoms with van der Waals surface area (Å²) in [5.74, 6) is 1.01. The predicted molar refractivity (Wildman–Crippen MR) is 131 cm³/mol. The van der Waals surface area contributed by atoms with Gasteiger partial charge in [-0.3, -0.25) is 4.79 Å². The van der Waals surface area contributed by atoms with Crippen molar-refractivity contribution in [2.45, 2.75) is 0 Å². The second-order valence-corrected chi connectivity index (χ2v) is 7.18. The molecule has 0 unspecified atom stereocenters. The van der Waals surface area contributed by atoms with E-state index < -0.39 is 0 Å². The number of rotatable bonds is 27. The fraction of sp³-hybridized carbons (Fsp3) is 0.720. The lowest BCUT2D eigenvalue weighted by molar-refractivity contribution is -0.000885. The average Bonchev–Trinajstić information content (AvgIpc) is 2.90. The van der Waals surface area contributed by atoms with Crippen molar-refractivity contribution in [1.82, 2.24) is 0 Å². The lowest BCUT2D eigenvalue weighted by Crippen LogP contribution is -2.14. The van der Waals surface area contributed by atoms with Gasteiger partial charge in [-0.15, -0.1) is 0 Å². The summed E-state index contributed by atoms with van der Waals surface area (Å²) in [5.41, 5.74) is 0.499. The third kappa shape index (κ3) is 18.4. The van der Waals surface area contributed by atoms with Crippen LogP contribution >= 0.6 is 0 Å². The Balaban J connectivity index is 2.11. The van der Waals surface area contributed by atoms with Crippen LogP contribution in [0.15, 0.2) is 18.2 Å². The van der Waals surface area contributed by atoms with E-state index in [1.807, 2.05) is 0 Å². The molecule has 1 aromatic rings. The monoisotopic (exact) mass is 518 g/mol. The van der Waals surface area contributed by atoms with E-state index in [1.165, 1.54) is 0 Å². The van der Waals surface area contributed by atoms with Gasteiger partial charge < -0.3 is 47.4 Å². The number of methoxy groups -OCH3 is 2. The zero-order valence-corrected chi connectivity index (χ0v) is 21.6. The molecule has 11 nitrogen and oxygen atoms in total. The summed E-state index contributed by atoms with van der Waals surface area (Å²) in [4.78, 5) is 11.1. The smallest absolute Gasteiger partial charge is 0.162 e. The SMILES string of the molecule is COCCOCCOCCOCCOc1ccc(C=O)cc1OCCOCCOCCOCCOC. The molecule has 0 aliphatic carbocycles. The van der Waals surface area contributed by atoms with Crippen LogP contribution in [0.3, 0.4) is 0 Å². The van der Waals surface area contributed by atoms with Gasteiger partial charge in [0.15, 0.2) is 11.5 Å². The Bertz CT molecular complexity index is 630. The molecule has 0 atom stereocenters. The van der Waals surface area contributed by atoms with Gasteiger partial charge in [-0.25, -0.2) is 0 Å². The van der Waals surface area contributed by atoms with Gasteiger partial charge in [-0.05, 0) is 18.2 Å². The van der Waals surface area contributed by atoms with Crippen LogP contribution in [-0.2, 0) is 37.9 Å². The highest BCUT2D eigenvalue weighted by atomic mass is 16.6. The molecule has 0 saturated carbocycles. The van der Waals surface area contributed by atoms with Gasteiger partial charge in [0.05, 0.1) is 92.5 Å². The van der Waals surface area contributed by atoms with Gasteiger partial charge >= 0.3 is 0 Å². The van der Waals surface area contributed by atoms with E-state index in [0.717, 1.165) is 6.29 Å². The number of carbonyl (C=O) groups is 1. The number of ether oxygens (including phenoxy) is 10. The molecular weight excluding hydrogens is 476 g/mol. The molecule has 0 fully saturated rings. The first-order valence-electron chi connectivity index (χ1n) is 12.1. The number of hydrogen-bond donors (Lipinski definition) is 0. The minimum absolute atomic E-state index is 0.307. The molecule has 11 heteroatoms. The van der Waals surface area contributed by atoms with Gasteiger partial charge in [-0.1, -0.05) is 0 Å². The molecule has 208 valence electrons. The number of carbonyl (C=O) groups excluding carboxylic acids is 1. The van der Waals surface area contributed by atoms with E-state index in [4.69, 9.17) is 47.4 Å². The molecule has 0 amide bonds. The topological polar surface area (TPSA) is 109 Å². The maximum atomic E-state index is 11.1. The van der Waals surface area contributed by atoms with E-state index in [0.29, 0.717) is 123 Å². The summed E-state index contributed by atoms with van der Waals surface area (Å²) >= 11 is 0. The van der Waals surface area contributed by atoms with Crippen LogP contribution in [0.5, 0.6) is 11.5 Å². The lowest BCUT2D eigenvalue weighted by atomic mass is 10.2. The molecule has 0 aliphatic rings. The number of benzene rings is 1. The molecule has 1 aromatic carbocycles. The standard InChI is InChI=1S/C25H42O11/c1-27-5-7-29-9-11-31-13-15-33-17-19-35-24-4-3-23(22-26)21-25(24)36-20-18-34-16-14-32-12-10-30-8-6-28-2/h3-4,21-22H,5-20H2,1-2H3. The van der Waals surface area contributed by atoms with Crippen LogP contribution in [0.1, 0.15) is 10.4 Å². The highest BCUT2D eigenvalue weighted by Crippen LogP contribution is 2.28. The fourth-order valence-corrected chi connectivity index (χ4v) is 2.62. The largest absolute Gasteiger partial charge is 0.487 e. The molecular formula is C25H42O11. The van der Waals surface area contributed by atoms with Gasteiger partial charge in [0, 0.05) is 19.8 Å². The summed E-state index contributed by atoms with van der Waals surface area (Å²) in [6, 6.07) is 5.01. The van der Waals surface area contributed by atoms with Crippen LogP contribution in [0, 0.1) is 0 Å². The minimum Gasteiger partial charge on any atom is -0.487 e. The summed E-state index contributed by atoms with van der Waals surface area (Å²) in [7, 11) is 3.27. The predicted octanol–water partition coefficient (Wildman–Crippen LogP) is 1.65. The molecule has 36 heavy (non-hydrogen) atoms. The lowest BCUT2D eigenvalue weighted by Gasteiger charge is -2.14. The molecule has 0 N–H and O–H groups in total. The summed E-state index contributed by atoms with van der Waals surface area (Å²) < 4.78 is 53.8. The Labute approximate surface area is 214 Å². The first kappa shape index (κ1) is 32.2. The molecule has 0 bridgehead atoms. The van der Waals surface area contributed by atoms with Crippen molar-refractivity contribution in [3.8, 4) is 11.5 Å². The van der Waals surface area contributed by atoms with Crippen molar-refractivity contribution in [3.63, 3.8) is 0 Å². The van der Waals surface area contributed by atoms with Crippen molar-refractivity contribution >= 4 is 6.29 Å². The van der Waals surface area contributed by atoms with E-state index in [2.05, 4.69) is 0 Å². The molecule has 0 aromatic heterocycles. The van der Waals surface area contributed by atoms with Crippen LogP contribution < -0.4 is 9.47 Å². The van der Waals surface area contributed by atoms with Gasteiger partial charge in [-0.2, -0.15) is 0 Å². The normalized spacial score (nSPS) is 11.1. The second kappa shape index (κ2) is 24.8. The van der Waals surface area contributed by atoms with Crippen molar-refractivity contribution in [2.24, 2.45) is 0 Å². The van der Waals surface area contributed by atoms with E-state index in [1.54, 1.807) is 32.4 Å². The zero-order chi connectivity index (χ0) is 25.9.